The lowest BCUT2D eigenvalue weighted by Crippen LogP contribution is -2.51. The van der Waals surface area contributed by atoms with E-state index in [0.717, 1.165) is 5.82 Å². The summed E-state index contributed by atoms with van der Waals surface area (Å²) in [4.78, 5) is 40.1. The van der Waals surface area contributed by atoms with E-state index >= 15 is 0 Å². The van der Waals surface area contributed by atoms with Crippen LogP contribution in [0.5, 0.6) is 0 Å². The van der Waals surface area contributed by atoms with E-state index in [-0.39, 0.29) is 24.2 Å². The number of hydrogen-bond donors (Lipinski definition) is 0. The van der Waals surface area contributed by atoms with Crippen molar-refractivity contribution >= 4 is 23.4 Å². The summed E-state index contributed by atoms with van der Waals surface area (Å²) in [7, 11) is 0. The fourth-order valence-electron chi connectivity index (χ4n) is 3.54. The Morgan fingerprint density at radius 2 is 1.82 bits per heavy atom. The number of para-hydroxylation sites is 1. The van der Waals surface area contributed by atoms with E-state index in [4.69, 9.17) is 0 Å². The van der Waals surface area contributed by atoms with Gasteiger partial charge in [-0.15, -0.1) is 0 Å². The van der Waals surface area contributed by atoms with E-state index in [0.29, 0.717) is 39.3 Å². The van der Waals surface area contributed by atoms with Gasteiger partial charge in [-0.2, -0.15) is 0 Å². The molecule has 1 aromatic carbocycles. The van der Waals surface area contributed by atoms with Crippen LogP contribution in [0.15, 0.2) is 42.9 Å². The van der Waals surface area contributed by atoms with Gasteiger partial charge in [0, 0.05) is 45.5 Å². The van der Waals surface area contributed by atoms with Gasteiger partial charge in [-0.05, 0) is 18.2 Å². The molecular weight excluding hydrogens is 363 g/mol. The van der Waals surface area contributed by atoms with E-state index in [1.165, 1.54) is 22.2 Å². The molecule has 0 spiro atoms. The Morgan fingerprint density at radius 3 is 2.54 bits per heavy atom. The molecule has 4 rings (SSSR count). The van der Waals surface area contributed by atoms with Gasteiger partial charge < -0.3 is 14.7 Å². The van der Waals surface area contributed by atoms with Crippen molar-refractivity contribution in [3.05, 3.63) is 48.7 Å². The van der Waals surface area contributed by atoms with E-state index < -0.39 is 5.82 Å². The number of aromatic nitrogens is 2. The monoisotopic (exact) mass is 384 g/mol. The fraction of sp³-hybridized carbons (Fsp3) is 0.368. The summed E-state index contributed by atoms with van der Waals surface area (Å²) in [6, 6.07) is 7.69. The number of urea groups is 1. The second-order valence-electron chi connectivity index (χ2n) is 6.74. The second-order valence-corrected chi connectivity index (χ2v) is 6.74. The second kappa shape index (κ2) is 7.79. The number of anilines is 2. The molecule has 3 amide bonds. The molecule has 28 heavy (non-hydrogen) atoms. The lowest BCUT2D eigenvalue weighted by Gasteiger charge is -2.36. The number of nitrogens with zero attached hydrogens (tertiary/aromatic N) is 6. The minimum absolute atomic E-state index is 0.0112. The number of hydrogen-bond acceptors (Lipinski definition) is 5. The topological polar surface area (TPSA) is 72.9 Å². The highest BCUT2D eigenvalue weighted by atomic mass is 19.1. The van der Waals surface area contributed by atoms with Crippen molar-refractivity contribution in [2.75, 3.05) is 55.6 Å². The number of benzene rings is 1. The van der Waals surface area contributed by atoms with E-state index in [1.807, 2.05) is 6.07 Å². The molecule has 8 nitrogen and oxygen atoms in total. The number of halogens is 1. The minimum atomic E-state index is -0.440. The lowest BCUT2D eigenvalue weighted by molar-refractivity contribution is -0.131. The number of amides is 3. The summed E-state index contributed by atoms with van der Waals surface area (Å²) in [6.45, 7) is 3.28. The standard InChI is InChI=1S/C19H21FN6O2/c20-15-3-1-2-4-16(15)26-12-11-25(19(26)28)13-18(27)24-9-7-23(8-10-24)17-5-6-21-14-22-17/h1-6,14H,7-13H2. The van der Waals surface area contributed by atoms with Gasteiger partial charge >= 0.3 is 6.03 Å². The van der Waals surface area contributed by atoms with Crippen molar-refractivity contribution in [1.29, 1.82) is 0 Å². The first-order valence-electron chi connectivity index (χ1n) is 9.23. The molecular formula is C19H21FN6O2. The summed E-state index contributed by atoms with van der Waals surface area (Å²) in [5, 5.41) is 0. The summed E-state index contributed by atoms with van der Waals surface area (Å²) in [6.07, 6.45) is 3.20. The molecule has 146 valence electrons. The van der Waals surface area contributed by atoms with Gasteiger partial charge in [0.1, 0.15) is 24.5 Å². The van der Waals surface area contributed by atoms with Gasteiger partial charge in [0.05, 0.1) is 5.69 Å². The third-order valence-corrected chi connectivity index (χ3v) is 5.09. The van der Waals surface area contributed by atoms with Crippen LogP contribution in [0.25, 0.3) is 0 Å². The maximum absolute atomic E-state index is 14.0. The summed E-state index contributed by atoms with van der Waals surface area (Å²) in [5.74, 6) is 0.313. The van der Waals surface area contributed by atoms with Crippen LogP contribution in [0.1, 0.15) is 0 Å². The zero-order valence-corrected chi connectivity index (χ0v) is 15.4. The number of carbonyl (C=O) groups is 2. The Morgan fingerprint density at radius 1 is 1.04 bits per heavy atom. The molecule has 0 saturated carbocycles. The molecule has 0 radical (unpaired) electrons. The first-order valence-corrected chi connectivity index (χ1v) is 9.23. The van der Waals surface area contributed by atoms with Crippen molar-refractivity contribution in [2.24, 2.45) is 0 Å². The van der Waals surface area contributed by atoms with E-state index in [1.54, 1.807) is 29.3 Å². The number of piperazine rings is 1. The Kier molecular flexibility index (Phi) is 5.05. The third-order valence-electron chi connectivity index (χ3n) is 5.09. The van der Waals surface area contributed by atoms with Crippen LogP contribution >= 0.6 is 0 Å². The Labute approximate surface area is 162 Å². The fourth-order valence-corrected chi connectivity index (χ4v) is 3.54. The molecule has 1 aromatic heterocycles. The minimum Gasteiger partial charge on any atom is -0.353 e. The van der Waals surface area contributed by atoms with Crippen LogP contribution in [-0.2, 0) is 4.79 Å². The predicted molar refractivity (Wildman–Crippen MR) is 102 cm³/mol. The smallest absolute Gasteiger partial charge is 0.325 e. The molecule has 3 heterocycles. The zero-order chi connectivity index (χ0) is 19.5. The molecule has 0 unspecified atom stereocenters. The highest BCUT2D eigenvalue weighted by Crippen LogP contribution is 2.23. The molecule has 0 atom stereocenters. The quantitative estimate of drug-likeness (QED) is 0.792. The first-order chi connectivity index (χ1) is 13.6. The molecule has 0 aliphatic carbocycles. The number of carbonyl (C=O) groups excluding carboxylic acids is 2. The molecule has 2 aromatic rings. The highest BCUT2D eigenvalue weighted by molar-refractivity contribution is 5.96. The molecule has 2 saturated heterocycles. The van der Waals surface area contributed by atoms with Crippen molar-refractivity contribution in [2.45, 2.75) is 0 Å². The largest absolute Gasteiger partial charge is 0.353 e. The van der Waals surface area contributed by atoms with Crippen LogP contribution in [0.3, 0.4) is 0 Å². The van der Waals surface area contributed by atoms with Crippen molar-refractivity contribution in [3.63, 3.8) is 0 Å². The average molecular weight is 384 g/mol. The molecule has 0 N–H and O–H groups in total. The average Bonchev–Trinajstić information content (AvgIpc) is 3.09. The zero-order valence-electron chi connectivity index (χ0n) is 15.4. The third kappa shape index (κ3) is 3.60. The molecule has 0 bridgehead atoms. The van der Waals surface area contributed by atoms with Crippen LogP contribution in [0, 0.1) is 5.82 Å². The van der Waals surface area contributed by atoms with Gasteiger partial charge in [0.2, 0.25) is 5.91 Å². The molecule has 2 aliphatic heterocycles. The van der Waals surface area contributed by atoms with Crippen LogP contribution < -0.4 is 9.80 Å². The van der Waals surface area contributed by atoms with Gasteiger partial charge in [0.25, 0.3) is 0 Å². The van der Waals surface area contributed by atoms with E-state index in [9.17, 15) is 14.0 Å². The van der Waals surface area contributed by atoms with Gasteiger partial charge in [0.15, 0.2) is 0 Å². The summed E-state index contributed by atoms with van der Waals surface area (Å²) < 4.78 is 14.0. The lowest BCUT2D eigenvalue weighted by atomic mass is 10.3. The Bertz CT molecular complexity index is 857. The van der Waals surface area contributed by atoms with Crippen LogP contribution in [0.2, 0.25) is 0 Å². The van der Waals surface area contributed by atoms with Crippen molar-refractivity contribution in [3.8, 4) is 0 Å². The summed E-state index contributed by atoms with van der Waals surface area (Å²) in [5.41, 5.74) is 0.251. The molecule has 9 heteroatoms. The normalized spacial score (nSPS) is 17.4. The Hall–Kier alpha value is -3.23. The summed E-state index contributed by atoms with van der Waals surface area (Å²) >= 11 is 0. The van der Waals surface area contributed by atoms with Crippen LogP contribution in [-0.4, -0.2) is 77.5 Å². The molecule has 2 fully saturated rings. The molecule has 2 aliphatic rings. The van der Waals surface area contributed by atoms with Gasteiger partial charge in [-0.3, -0.25) is 9.69 Å². The van der Waals surface area contributed by atoms with Gasteiger partial charge in [-0.25, -0.2) is 19.2 Å². The van der Waals surface area contributed by atoms with Gasteiger partial charge in [-0.1, -0.05) is 12.1 Å². The van der Waals surface area contributed by atoms with Crippen LogP contribution in [0.4, 0.5) is 20.7 Å². The van der Waals surface area contributed by atoms with Crippen molar-refractivity contribution < 1.29 is 14.0 Å². The SMILES string of the molecule is O=C(CN1CCN(c2ccccc2F)C1=O)N1CCN(c2ccncn2)CC1. The maximum Gasteiger partial charge on any atom is 0.325 e. The Balaban J connectivity index is 1.32. The van der Waals surface area contributed by atoms with E-state index in [2.05, 4.69) is 14.9 Å². The predicted octanol–water partition coefficient (Wildman–Crippen LogP) is 1.21. The van der Waals surface area contributed by atoms with Crippen molar-refractivity contribution in [1.82, 2.24) is 19.8 Å². The number of rotatable bonds is 4. The maximum atomic E-state index is 14.0. The highest BCUT2D eigenvalue weighted by Gasteiger charge is 2.33. The first kappa shape index (κ1) is 18.1.